The molecule has 7 nitrogen and oxygen atoms in total. The van der Waals surface area contributed by atoms with E-state index in [1.165, 1.54) is 40.5 Å². The second-order valence-electron chi connectivity index (χ2n) is 7.55. The molecule has 0 aliphatic rings. The van der Waals surface area contributed by atoms with Crippen molar-refractivity contribution in [1.29, 1.82) is 0 Å². The highest BCUT2D eigenvalue weighted by Gasteiger charge is 2.25. The third-order valence-electron chi connectivity index (χ3n) is 5.05. The molecule has 0 saturated heterocycles. The highest BCUT2D eigenvalue weighted by atomic mass is 32.2. The van der Waals surface area contributed by atoms with Crippen LogP contribution in [0, 0.1) is 0 Å². The normalized spacial score (nSPS) is 11.3. The van der Waals surface area contributed by atoms with E-state index >= 15 is 0 Å². The lowest BCUT2D eigenvalue weighted by atomic mass is 10.2. The number of carbonyl (C=O) groups is 2. The first-order valence-corrected chi connectivity index (χ1v) is 12.3. The van der Waals surface area contributed by atoms with Crippen LogP contribution in [0.1, 0.15) is 25.6 Å². The number of thiophene rings is 1. The zero-order chi connectivity index (χ0) is 23.6. The molecule has 33 heavy (non-hydrogen) atoms. The van der Waals surface area contributed by atoms with Gasteiger partial charge in [0, 0.05) is 33.0 Å². The number of rotatable bonds is 6. The number of sulfone groups is 1. The van der Waals surface area contributed by atoms with Crippen molar-refractivity contribution >= 4 is 43.1 Å². The first-order chi connectivity index (χ1) is 15.8. The van der Waals surface area contributed by atoms with Crippen LogP contribution < -0.4 is 5.32 Å². The van der Waals surface area contributed by atoms with E-state index in [1.807, 2.05) is 12.1 Å². The average molecular weight is 480 g/mol. The monoisotopic (exact) mass is 479 g/mol. The highest BCUT2D eigenvalue weighted by Crippen LogP contribution is 2.26. The van der Waals surface area contributed by atoms with Gasteiger partial charge in [-0.2, -0.15) is 0 Å². The lowest BCUT2D eigenvalue weighted by Crippen LogP contribution is -2.24. The number of aromatic nitrogens is 1. The van der Waals surface area contributed by atoms with Crippen molar-refractivity contribution in [3.8, 4) is 0 Å². The fraction of sp³-hybridized carbons (Fsp3) is 0.125. The molecule has 2 aromatic heterocycles. The second kappa shape index (κ2) is 9.13. The Kier molecular flexibility index (Phi) is 6.26. The van der Waals surface area contributed by atoms with E-state index in [0.29, 0.717) is 4.88 Å². The van der Waals surface area contributed by atoms with Crippen LogP contribution in [0.15, 0.2) is 82.8 Å². The maximum Gasteiger partial charge on any atom is 0.261 e. The average Bonchev–Trinajstić information content (AvgIpc) is 3.27. The molecule has 4 aromatic rings. The summed E-state index contributed by atoms with van der Waals surface area (Å²) in [4.78, 5) is 31.0. The maximum atomic E-state index is 13.2. The first-order valence-electron chi connectivity index (χ1n) is 10.0. The van der Waals surface area contributed by atoms with Crippen LogP contribution in [0.5, 0.6) is 0 Å². The fourth-order valence-corrected chi connectivity index (χ4v) is 5.69. The van der Waals surface area contributed by atoms with Gasteiger partial charge in [0.2, 0.25) is 9.84 Å². The topological polar surface area (TPSA) is 96.4 Å². The lowest BCUT2D eigenvalue weighted by Gasteiger charge is -2.14. The van der Waals surface area contributed by atoms with Gasteiger partial charge >= 0.3 is 0 Å². The molecule has 2 aromatic carbocycles. The van der Waals surface area contributed by atoms with Gasteiger partial charge in [-0.1, -0.05) is 24.3 Å². The molecule has 1 N–H and O–H groups in total. The summed E-state index contributed by atoms with van der Waals surface area (Å²) in [6.45, 7) is 0.251. The molecule has 9 heteroatoms. The summed E-state index contributed by atoms with van der Waals surface area (Å²) in [6, 6.07) is 16.1. The zero-order valence-corrected chi connectivity index (χ0v) is 19.6. The summed E-state index contributed by atoms with van der Waals surface area (Å²) in [6.07, 6.45) is 3.40. The van der Waals surface area contributed by atoms with E-state index in [9.17, 15) is 18.0 Å². The van der Waals surface area contributed by atoms with E-state index in [1.54, 1.807) is 50.8 Å². The number of nitrogens with one attached hydrogen (secondary N) is 1. The van der Waals surface area contributed by atoms with Crippen molar-refractivity contribution < 1.29 is 18.0 Å². The molecule has 0 aliphatic heterocycles. The summed E-state index contributed by atoms with van der Waals surface area (Å²) in [5, 5.41) is 3.81. The van der Waals surface area contributed by atoms with Gasteiger partial charge in [0.1, 0.15) is 0 Å². The van der Waals surface area contributed by atoms with Gasteiger partial charge in [-0.3, -0.25) is 14.6 Å². The molecule has 0 atom stereocenters. The van der Waals surface area contributed by atoms with E-state index < -0.39 is 9.84 Å². The minimum Gasteiger partial charge on any atom is -0.347 e. The maximum absolute atomic E-state index is 13.2. The van der Waals surface area contributed by atoms with E-state index in [2.05, 4.69) is 10.3 Å². The number of pyridine rings is 1. The SMILES string of the molecule is CN(C)C(=O)c1ccccc1S(=O)(=O)c1ccc(CNC(=O)c2cc3ccncc3s2)cc1. The van der Waals surface area contributed by atoms with Crippen molar-refractivity contribution in [1.82, 2.24) is 15.2 Å². The molecule has 0 spiro atoms. The van der Waals surface area contributed by atoms with Crippen LogP contribution in [0.4, 0.5) is 0 Å². The number of hydrogen-bond donors (Lipinski definition) is 1. The minimum atomic E-state index is -3.89. The van der Waals surface area contributed by atoms with Crippen LogP contribution in [0.3, 0.4) is 0 Å². The Labute approximate surface area is 195 Å². The Bertz CT molecular complexity index is 1410. The zero-order valence-electron chi connectivity index (χ0n) is 18.0. The number of fused-ring (bicyclic) bond motifs is 1. The van der Waals surface area contributed by atoms with Crippen LogP contribution in [-0.4, -0.2) is 44.2 Å². The molecule has 0 unspecified atom stereocenters. The van der Waals surface area contributed by atoms with Gasteiger partial charge in [0.15, 0.2) is 0 Å². The number of hydrogen-bond acceptors (Lipinski definition) is 6. The van der Waals surface area contributed by atoms with E-state index in [4.69, 9.17) is 0 Å². The largest absolute Gasteiger partial charge is 0.347 e. The van der Waals surface area contributed by atoms with Crippen molar-refractivity contribution in [2.45, 2.75) is 16.3 Å². The molecule has 0 fully saturated rings. The molecule has 0 bridgehead atoms. The van der Waals surface area contributed by atoms with Crippen molar-refractivity contribution in [3.05, 3.63) is 89.1 Å². The standard InChI is InChI=1S/C24H21N3O4S2/c1-27(2)24(29)19-5-3-4-6-22(19)33(30,31)18-9-7-16(8-10-18)14-26-23(28)20-13-17-11-12-25-15-21(17)32-20/h3-13,15H,14H2,1-2H3,(H,26,28). The fourth-order valence-electron chi connectivity index (χ4n) is 3.30. The van der Waals surface area contributed by atoms with Crippen LogP contribution in [0.25, 0.3) is 10.1 Å². The number of nitrogens with zero attached hydrogens (tertiary/aromatic N) is 2. The quantitative estimate of drug-likeness (QED) is 0.454. The number of carbonyl (C=O) groups excluding carboxylic acids is 2. The predicted octanol–water partition coefficient (Wildman–Crippen LogP) is 3.76. The van der Waals surface area contributed by atoms with Crippen molar-refractivity contribution in [3.63, 3.8) is 0 Å². The van der Waals surface area contributed by atoms with Gasteiger partial charge in [-0.25, -0.2) is 8.42 Å². The Morgan fingerprint density at radius 3 is 2.45 bits per heavy atom. The van der Waals surface area contributed by atoms with Gasteiger partial charge in [0.05, 0.1) is 24.9 Å². The predicted molar refractivity (Wildman–Crippen MR) is 127 cm³/mol. The molecular weight excluding hydrogens is 458 g/mol. The summed E-state index contributed by atoms with van der Waals surface area (Å²) in [5.41, 5.74) is 0.875. The van der Waals surface area contributed by atoms with Crippen molar-refractivity contribution in [2.75, 3.05) is 14.1 Å². The second-order valence-corrected chi connectivity index (χ2v) is 10.6. The summed E-state index contributed by atoms with van der Waals surface area (Å²) in [5.74, 6) is -0.588. The Morgan fingerprint density at radius 1 is 1.03 bits per heavy atom. The molecule has 168 valence electrons. The molecule has 0 saturated carbocycles. The van der Waals surface area contributed by atoms with Crippen molar-refractivity contribution in [2.24, 2.45) is 0 Å². The Balaban J connectivity index is 1.50. The van der Waals surface area contributed by atoms with Crippen LogP contribution >= 0.6 is 11.3 Å². The van der Waals surface area contributed by atoms with Crippen LogP contribution in [-0.2, 0) is 16.4 Å². The highest BCUT2D eigenvalue weighted by molar-refractivity contribution is 7.91. The third kappa shape index (κ3) is 4.64. The van der Waals surface area contributed by atoms with Gasteiger partial charge in [-0.15, -0.1) is 11.3 Å². The minimum absolute atomic E-state index is 0.0380. The molecule has 0 radical (unpaired) electrons. The smallest absolute Gasteiger partial charge is 0.261 e. The van der Waals surface area contributed by atoms with Crippen LogP contribution in [0.2, 0.25) is 0 Å². The first kappa shape index (κ1) is 22.6. The third-order valence-corrected chi connectivity index (χ3v) is 7.96. The van der Waals surface area contributed by atoms with Gasteiger partial charge in [-0.05, 0) is 47.3 Å². The number of benzene rings is 2. The summed E-state index contributed by atoms with van der Waals surface area (Å²) in [7, 11) is -0.745. The molecule has 4 rings (SSSR count). The van der Waals surface area contributed by atoms with E-state index in [0.717, 1.165) is 15.6 Å². The molecular formula is C24H21N3O4S2. The van der Waals surface area contributed by atoms with Gasteiger partial charge in [0.25, 0.3) is 11.8 Å². The van der Waals surface area contributed by atoms with E-state index in [-0.39, 0.29) is 33.7 Å². The Hall–Kier alpha value is -3.56. The Morgan fingerprint density at radius 2 is 1.76 bits per heavy atom. The molecule has 2 heterocycles. The summed E-state index contributed by atoms with van der Waals surface area (Å²) >= 11 is 1.36. The summed E-state index contributed by atoms with van der Waals surface area (Å²) < 4.78 is 27.3. The number of amides is 2. The van der Waals surface area contributed by atoms with Gasteiger partial charge < -0.3 is 10.2 Å². The lowest BCUT2D eigenvalue weighted by molar-refractivity contribution is 0.0823. The molecule has 0 aliphatic carbocycles. The molecule has 2 amide bonds.